The van der Waals surface area contributed by atoms with Crippen LogP contribution in [0.4, 0.5) is 16.5 Å². The normalized spacial score (nSPS) is 11.1. The first-order chi connectivity index (χ1) is 16.7. The summed E-state index contributed by atoms with van der Waals surface area (Å²) >= 11 is 7.01. The molecule has 0 aliphatic heterocycles. The lowest BCUT2D eigenvalue weighted by molar-refractivity contribution is -0.384. The molecule has 0 aliphatic carbocycles. The molecule has 0 unspecified atom stereocenters. The first-order valence-corrected chi connectivity index (χ1v) is 12.6. The van der Waals surface area contributed by atoms with Crippen LogP contribution in [0.15, 0.2) is 83.8 Å². The zero-order valence-corrected chi connectivity index (χ0v) is 20.1. The van der Waals surface area contributed by atoms with Gasteiger partial charge in [-0.2, -0.15) is 0 Å². The number of nitro groups is 1. The zero-order chi connectivity index (χ0) is 25.0. The quantitative estimate of drug-likeness (QED) is 0.260. The Labute approximate surface area is 209 Å². The number of hydrogen-bond acceptors (Lipinski definition) is 8. The van der Waals surface area contributed by atoms with Gasteiger partial charge in [0.2, 0.25) is 11.0 Å². The number of non-ortho nitro benzene ring substituents is 1. The van der Waals surface area contributed by atoms with Crippen LogP contribution in [0.1, 0.15) is 0 Å². The number of aromatic nitrogens is 2. The van der Waals surface area contributed by atoms with Gasteiger partial charge in [-0.3, -0.25) is 24.5 Å². The van der Waals surface area contributed by atoms with Crippen molar-refractivity contribution in [2.75, 3.05) is 16.2 Å². The number of amides is 1. The Hall–Kier alpha value is -3.87. The molecule has 0 saturated carbocycles. The molecule has 10 nitrogen and oxygen atoms in total. The fourth-order valence-corrected chi connectivity index (χ4v) is 5.38. The van der Waals surface area contributed by atoms with E-state index in [2.05, 4.69) is 15.5 Å². The van der Waals surface area contributed by atoms with E-state index in [0.717, 1.165) is 21.2 Å². The molecule has 4 rings (SSSR count). The summed E-state index contributed by atoms with van der Waals surface area (Å²) in [6.45, 7) is -0.592. The van der Waals surface area contributed by atoms with Crippen LogP contribution < -0.4 is 9.62 Å². The minimum atomic E-state index is -4.16. The molecule has 13 heteroatoms. The maximum atomic E-state index is 13.3. The van der Waals surface area contributed by atoms with Crippen molar-refractivity contribution in [2.45, 2.75) is 4.90 Å². The van der Waals surface area contributed by atoms with Crippen LogP contribution in [0.25, 0.3) is 10.6 Å². The van der Waals surface area contributed by atoms with Crippen molar-refractivity contribution in [2.24, 2.45) is 0 Å². The molecule has 0 spiro atoms. The molecular formula is C22H16ClN5O5S2. The number of nitro benzene ring substituents is 1. The van der Waals surface area contributed by atoms with Gasteiger partial charge in [-0.05, 0) is 36.4 Å². The standard InChI is InChI=1S/C22H16ClN5O5S2/c23-16-8-6-15(7-9-16)21-25-26-22(34-21)24-20(29)14-27(17-10-12-18(13-11-17)28(30)31)35(32,33)19-4-2-1-3-5-19/h1-13H,14H2,(H,24,26,29). The fourth-order valence-electron chi connectivity index (χ4n) is 3.05. The highest BCUT2D eigenvalue weighted by Gasteiger charge is 2.28. The summed E-state index contributed by atoms with van der Waals surface area (Å²) in [6, 6.07) is 19.4. The van der Waals surface area contributed by atoms with Crippen LogP contribution >= 0.6 is 22.9 Å². The van der Waals surface area contributed by atoms with Gasteiger partial charge in [0.25, 0.3) is 15.7 Å². The Bertz CT molecular complexity index is 1460. The van der Waals surface area contributed by atoms with Gasteiger partial charge >= 0.3 is 0 Å². The Balaban J connectivity index is 1.59. The molecule has 1 heterocycles. The Kier molecular flexibility index (Phi) is 7.05. The monoisotopic (exact) mass is 529 g/mol. The molecule has 1 N–H and O–H groups in total. The lowest BCUT2D eigenvalue weighted by Crippen LogP contribution is -2.38. The number of nitrogens with one attached hydrogen (secondary N) is 1. The topological polar surface area (TPSA) is 135 Å². The molecule has 0 atom stereocenters. The average Bonchev–Trinajstić information content (AvgIpc) is 3.32. The lowest BCUT2D eigenvalue weighted by Gasteiger charge is -2.23. The number of halogens is 1. The van der Waals surface area contributed by atoms with Crippen molar-refractivity contribution in [1.29, 1.82) is 0 Å². The summed E-state index contributed by atoms with van der Waals surface area (Å²) in [4.78, 5) is 23.2. The highest BCUT2D eigenvalue weighted by molar-refractivity contribution is 7.92. The van der Waals surface area contributed by atoms with Crippen LogP contribution in [-0.2, 0) is 14.8 Å². The van der Waals surface area contributed by atoms with Crippen LogP contribution in [0.5, 0.6) is 0 Å². The third-order valence-electron chi connectivity index (χ3n) is 4.73. The van der Waals surface area contributed by atoms with Crippen molar-refractivity contribution in [3.8, 4) is 10.6 Å². The van der Waals surface area contributed by atoms with E-state index in [1.54, 1.807) is 42.5 Å². The van der Waals surface area contributed by atoms with Gasteiger partial charge in [0.1, 0.15) is 11.6 Å². The van der Waals surface area contributed by atoms with Gasteiger partial charge in [0.05, 0.1) is 15.5 Å². The minimum Gasteiger partial charge on any atom is -0.299 e. The van der Waals surface area contributed by atoms with E-state index in [-0.39, 0.29) is 21.4 Å². The van der Waals surface area contributed by atoms with Crippen molar-refractivity contribution in [1.82, 2.24) is 10.2 Å². The minimum absolute atomic E-state index is 0.0351. The van der Waals surface area contributed by atoms with E-state index in [1.807, 2.05) is 0 Å². The predicted octanol–water partition coefficient (Wildman–Crippen LogP) is 4.60. The largest absolute Gasteiger partial charge is 0.299 e. The average molecular weight is 530 g/mol. The molecule has 4 aromatic rings. The first-order valence-electron chi connectivity index (χ1n) is 9.95. The molecule has 1 amide bonds. The molecule has 178 valence electrons. The van der Waals surface area contributed by atoms with Crippen molar-refractivity contribution in [3.05, 3.63) is 94.0 Å². The summed E-state index contributed by atoms with van der Waals surface area (Å²) in [5.41, 5.74) is 0.638. The first kappa shape index (κ1) is 24.3. The number of anilines is 2. The van der Waals surface area contributed by atoms with Crippen molar-refractivity contribution < 1.29 is 18.1 Å². The van der Waals surface area contributed by atoms with Crippen LogP contribution in [-0.4, -0.2) is 36.0 Å². The van der Waals surface area contributed by atoms with E-state index >= 15 is 0 Å². The second kappa shape index (κ2) is 10.2. The molecular weight excluding hydrogens is 514 g/mol. The highest BCUT2D eigenvalue weighted by Crippen LogP contribution is 2.28. The second-order valence-electron chi connectivity index (χ2n) is 7.07. The number of sulfonamides is 1. The van der Waals surface area contributed by atoms with E-state index in [4.69, 9.17) is 11.6 Å². The number of carbonyl (C=O) groups excluding carboxylic acids is 1. The number of carbonyl (C=O) groups is 1. The molecule has 0 radical (unpaired) electrons. The Morgan fingerprint density at radius 1 is 1.00 bits per heavy atom. The molecule has 0 fully saturated rings. The van der Waals surface area contributed by atoms with Crippen LogP contribution in [0.3, 0.4) is 0 Å². The Morgan fingerprint density at radius 2 is 1.66 bits per heavy atom. The van der Waals surface area contributed by atoms with Crippen molar-refractivity contribution in [3.63, 3.8) is 0 Å². The summed E-state index contributed by atoms with van der Waals surface area (Å²) in [7, 11) is -4.16. The van der Waals surface area contributed by atoms with E-state index < -0.39 is 27.4 Å². The summed E-state index contributed by atoms with van der Waals surface area (Å²) < 4.78 is 27.5. The SMILES string of the molecule is O=C(CN(c1ccc([N+](=O)[O-])cc1)S(=O)(=O)c1ccccc1)Nc1nnc(-c2ccc(Cl)cc2)s1. The smallest absolute Gasteiger partial charge is 0.269 e. The maximum absolute atomic E-state index is 13.3. The molecule has 0 aliphatic rings. The van der Waals surface area contributed by atoms with Gasteiger partial charge in [0, 0.05) is 22.7 Å². The van der Waals surface area contributed by atoms with Crippen LogP contribution in [0.2, 0.25) is 5.02 Å². The second-order valence-corrected chi connectivity index (χ2v) is 10.3. The highest BCUT2D eigenvalue weighted by atomic mass is 35.5. The number of benzene rings is 3. The Morgan fingerprint density at radius 3 is 2.29 bits per heavy atom. The van der Waals surface area contributed by atoms with Gasteiger partial charge in [0.15, 0.2) is 0 Å². The van der Waals surface area contributed by atoms with Gasteiger partial charge in [-0.25, -0.2) is 8.42 Å². The third kappa shape index (κ3) is 5.62. The molecule has 0 bridgehead atoms. The van der Waals surface area contributed by atoms with E-state index in [0.29, 0.717) is 10.0 Å². The van der Waals surface area contributed by atoms with Gasteiger partial charge in [-0.15, -0.1) is 10.2 Å². The number of hydrogen-bond donors (Lipinski definition) is 1. The molecule has 35 heavy (non-hydrogen) atoms. The van der Waals surface area contributed by atoms with Gasteiger partial charge < -0.3 is 0 Å². The number of rotatable bonds is 8. The lowest BCUT2D eigenvalue weighted by atomic mass is 10.2. The third-order valence-corrected chi connectivity index (χ3v) is 7.66. The summed E-state index contributed by atoms with van der Waals surface area (Å²) in [6.07, 6.45) is 0. The number of nitrogens with zero attached hydrogens (tertiary/aromatic N) is 4. The summed E-state index contributed by atoms with van der Waals surface area (Å²) in [5.74, 6) is -0.665. The molecule has 1 aromatic heterocycles. The van der Waals surface area contributed by atoms with Gasteiger partial charge in [-0.1, -0.05) is 53.3 Å². The van der Waals surface area contributed by atoms with E-state index in [9.17, 15) is 23.3 Å². The molecule has 3 aromatic carbocycles. The molecule has 0 saturated heterocycles. The fraction of sp³-hybridized carbons (Fsp3) is 0.0455. The van der Waals surface area contributed by atoms with Crippen LogP contribution in [0, 0.1) is 10.1 Å². The maximum Gasteiger partial charge on any atom is 0.269 e. The summed E-state index contributed by atoms with van der Waals surface area (Å²) in [5, 5.41) is 22.8. The van der Waals surface area contributed by atoms with E-state index in [1.165, 1.54) is 36.4 Å². The van der Waals surface area contributed by atoms with Crippen molar-refractivity contribution >= 4 is 55.4 Å². The zero-order valence-electron chi connectivity index (χ0n) is 17.7. The predicted molar refractivity (Wildman–Crippen MR) is 133 cm³/mol.